The van der Waals surface area contributed by atoms with Gasteiger partial charge in [0.1, 0.15) is 5.69 Å². The maximum Gasteiger partial charge on any atom is 0.274 e. The highest BCUT2D eigenvalue weighted by atomic mass is 35.5. The zero-order valence-corrected chi connectivity index (χ0v) is 14.9. The van der Waals surface area contributed by atoms with E-state index in [1.54, 1.807) is 30.3 Å². The number of hydrogen-bond donors (Lipinski definition) is 2. The van der Waals surface area contributed by atoms with Crippen molar-refractivity contribution in [2.75, 3.05) is 10.6 Å². The molecular formula is C19H13Cl2N3O2. The number of nitrogens with one attached hydrogen (secondary N) is 2. The van der Waals surface area contributed by atoms with Crippen molar-refractivity contribution in [2.45, 2.75) is 0 Å². The Labute approximate surface area is 160 Å². The Kier molecular flexibility index (Phi) is 5.51. The predicted molar refractivity (Wildman–Crippen MR) is 103 cm³/mol. The molecule has 0 fully saturated rings. The SMILES string of the molecule is O=C(Nc1ccccc1)c1ccnc(C(=O)Nc2cc(Cl)cc(Cl)c2)c1. The quantitative estimate of drug-likeness (QED) is 0.671. The van der Waals surface area contributed by atoms with Gasteiger partial charge in [-0.2, -0.15) is 0 Å². The first kappa shape index (κ1) is 17.9. The molecule has 0 bridgehead atoms. The third-order valence-electron chi connectivity index (χ3n) is 3.41. The molecule has 1 aromatic heterocycles. The smallest absolute Gasteiger partial charge is 0.274 e. The van der Waals surface area contributed by atoms with Gasteiger partial charge >= 0.3 is 0 Å². The van der Waals surface area contributed by atoms with E-state index in [-0.39, 0.29) is 11.6 Å². The van der Waals surface area contributed by atoms with Gasteiger partial charge in [0, 0.05) is 33.2 Å². The van der Waals surface area contributed by atoms with Crippen LogP contribution in [0.1, 0.15) is 20.8 Å². The minimum atomic E-state index is -0.474. The topological polar surface area (TPSA) is 71.1 Å². The van der Waals surface area contributed by atoms with Gasteiger partial charge in [0.15, 0.2) is 0 Å². The molecule has 1 heterocycles. The third-order valence-corrected chi connectivity index (χ3v) is 3.84. The number of para-hydroxylation sites is 1. The molecule has 0 aliphatic carbocycles. The summed E-state index contributed by atoms with van der Waals surface area (Å²) >= 11 is 11.8. The molecule has 0 radical (unpaired) electrons. The van der Waals surface area contributed by atoms with Crippen molar-refractivity contribution in [1.82, 2.24) is 4.98 Å². The molecule has 0 saturated heterocycles. The monoisotopic (exact) mass is 385 g/mol. The maximum absolute atomic E-state index is 12.4. The van der Waals surface area contributed by atoms with Crippen molar-refractivity contribution in [1.29, 1.82) is 0 Å². The average molecular weight is 386 g/mol. The van der Waals surface area contributed by atoms with Crippen LogP contribution in [-0.2, 0) is 0 Å². The number of carbonyl (C=O) groups excluding carboxylic acids is 2. The Balaban J connectivity index is 1.75. The number of carbonyl (C=O) groups is 2. The van der Waals surface area contributed by atoms with Crippen molar-refractivity contribution >= 4 is 46.4 Å². The second-order valence-electron chi connectivity index (χ2n) is 5.36. The van der Waals surface area contributed by atoms with Gasteiger partial charge in [0.05, 0.1) is 0 Å². The Morgan fingerprint density at radius 1 is 0.769 bits per heavy atom. The maximum atomic E-state index is 12.4. The average Bonchev–Trinajstić information content (AvgIpc) is 2.62. The van der Waals surface area contributed by atoms with Crippen LogP contribution in [-0.4, -0.2) is 16.8 Å². The van der Waals surface area contributed by atoms with Crippen LogP contribution in [0.4, 0.5) is 11.4 Å². The molecule has 5 nitrogen and oxygen atoms in total. The van der Waals surface area contributed by atoms with Gasteiger partial charge in [-0.3, -0.25) is 14.6 Å². The van der Waals surface area contributed by atoms with E-state index in [9.17, 15) is 9.59 Å². The summed E-state index contributed by atoms with van der Waals surface area (Å²) in [5, 5.41) is 6.21. The van der Waals surface area contributed by atoms with Crippen molar-refractivity contribution in [2.24, 2.45) is 0 Å². The van der Waals surface area contributed by atoms with Crippen molar-refractivity contribution < 1.29 is 9.59 Å². The number of hydrogen-bond acceptors (Lipinski definition) is 3. The van der Waals surface area contributed by atoms with Gasteiger partial charge in [0.2, 0.25) is 0 Å². The highest BCUT2D eigenvalue weighted by Crippen LogP contribution is 2.22. The summed E-state index contributed by atoms with van der Waals surface area (Å²) in [5.74, 6) is -0.809. The Bertz CT molecular complexity index is 942. The van der Waals surface area contributed by atoms with Gasteiger partial charge in [-0.25, -0.2) is 0 Å². The third kappa shape index (κ3) is 4.59. The van der Waals surface area contributed by atoms with E-state index in [0.717, 1.165) is 0 Å². The largest absolute Gasteiger partial charge is 0.322 e. The van der Waals surface area contributed by atoms with Gasteiger partial charge in [0.25, 0.3) is 11.8 Å². The fourth-order valence-electron chi connectivity index (χ4n) is 2.24. The molecule has 0 unspecified atom stereocenters. The number of rotatable bonds is 4. The number of benzene rings is 2. The molecule has 0 aliphatic heterocycles. The zero-order chi connectivity index (χ0) is 18.5. The first-order valence-corrected chi connectivity index (χ1v) is 8.37. The minimum Gasteiger partial charge on any atom is -0.322 e. The second kappa shape index (κ2) is 7.99. The molecule has 0 saturated carbocycles. The lowest BCUT2D eigenvalue weighted by Crippen LogP contribution is -2.17. The number of pyridine rings is 1. The van der Waals surface area contributed by atoms with Gasteiger partial charge in [-0.1, -0.05) is 41.4 Å². The summed E-state index contributed by atoms with van der Waals surface area (Å²) in [6.07, 6.45) is 1.40. The molecule has 26 heavy (non-hydrogen) atoms. The van der Waals surface area contributed by atoms with Crippen LogP contribution in [0.25, 0.3) is 0 Å². The Morgan fingerprint density at radius 3 is 2.12 bits per heavy atom. The highest BCUT2D eigenvalue weighted by Gasteiger charge is 2.13. The van der Waals surface area contributed by atoms with E-state index in [0.29, 0.717) is 27.0 Å². The van der Waals surface area contributed by atoms with Crippen molar-refractivity contribution in [3.63, 3.8) is 0 Å². The number of nitrogens with zero attached hydrogens (tertiary/aromatic N) is 1. The van der Waals surface area contributed by atoms with E-state index >= 15 is 0 Å². The van der Waals surface area contributed by atoms with Crippen LogP contribution in [0.2, 0.25) is 10.0 Å². The van der Waals surface area contributed by atoms with Crippen LogP contribution in [0.3, 0.4) is 0 Å². The van der Waals surface area contributed by atoms with Crippen LogP contribution in [0, 0.1) is 0 Å². The second-order valence-corrected chi connectivity index (χ2v) is 6.24. The molecule has 0 atom stereocenters. The van der Waals surface area contributed by atoms with Crippen LogP contribution < -0.4 is 10.6 Å². The molecule has 3 aromatic rings. The predicted octanol–water partition coefficient (Wildman–Crippen LogP) is 4.89. The first-order valence-electron chi connectivity index (χ1n) is 7.61. The van der Waals surface area contributed by atoms with Gasteiger partial charge in [-0.05, 0) is 42.5 Å². The summed E-state index contributed by atoms with van der Waals surface area (Å²) < 4.78 is 0. The van der Waals surface area contributed by atoms with Crippen LogP contribution in [0.5, 0.6) is 0 Å². The van der Waals surface area contributed by atoms with Crippen LogP contribution in [0.15, 0.2) is 66.9 Å². The summed E-state index contributed by atoms with van der Waals surface area (Å²) in [7, 11) is 0. The lowest BCUT2D eigenvalue weighted by Gasteiger charge is -2.08. The lowest BCUT2D eigenvalue weighted by molar-refractivity contribution is 0.102. The summed E-state index contributed by atoms with van der Waals surface area (Å²) in [5.41, 5.74) is 1.52. The molecular weight excluding hydrogens is 373 g/mol. The molecule has 0 aliphatic rings. The number of halogens is 2. The molecule has 2 N–H and O–H groups in total. The normalized spacial score (nSPS) is 10.2. The molecule has 130 valence electrons. The van der Waals surface area contributed by atoms with E-state index in [2.05, 4.69) is 15.6 Å². The number of anilines is 2. The zero-order valence-electron chi connectivity index (χ0n) is 13.4. The fraction of sp³-hybridized carbons (Fsp3) is 0. The number of amides is 2. The van der Waals surface area contributed by atoms with E-state index in [1.165, 1.54) is 18.3 Å². The number of aromatic nitrogens is 1. The molecule has 0 spiro atoms. The van der Waals surface area contributed by atoms with Crippen molar-refractivity contribution in [3.05, 3.63) is 88.2 Å². The molecule has 7 heteroatoms. The van der Waals surface area contributed by atoms with Gasteiger partial charge in [-0.15, -0.1) is 0 Å². The lowest BCUT2D eigenvalue weighted by atomic mass is 10.2. The van der Waals surface area contributed by atoms with E-state index < -0.39 is 5.91 Å². The molecule has 3 rings (SSSR count). The summed E-state index contributed by atoms with van der Waals surface area (Å²) in [6.45, 7) is 0. The summed E-state index contributed by atoms with van der Waals surface area (Å²) in [6, 6.07) is 16.7. The minimum absolute atomic E-state index is 0.0989. The van der Waals surface area contributed by atoms with E-state index in [4.69, 9.17) is 23.2 Å². The van der Waals surface area contributed by atoms with Crippen molar-refractivity contribution in [3.8, 4) is 0 Å². The van der Waals surface area contributed by atoms with E-state index in [1.807, 2.05) is 18.2 Å². The standard InChI is InChI=1S/C19H13Cl2N3O2/c20-13-9-14(21)11-16(10-13)24-19(26)17-8-12(6-7-22-17)18(25)23-15-4-2-1-3-5-15/h1-11H,(H,23,25)(H,24,26). The molecule has 2 amide bonds. The first-order chi connectivity index (χ1) is 12.5. The highest BCUT2D eigenvalue weighted by molar-refractivity contribution is 6.35. The molecule has 2 aromatic carbocycles. The van der Waals surface area contributed by atoms with Crippen LogP contribution >= 0.6 is 23.2 Å². The van der Waals surface area contributed by atoms with Gasteiger partial charge < -0.3 is 10.6 Å². The summed E-state index contributed by atoms with van der Waals surface area (Å²) in [4.78, 5) is 28.7. The Hall–Kier alpha value is -2.89. The Morgan fingerprint density at radius 2 is 1.42 bits per heavy atom. The fourth-order valence-corrected chi connectivity index (χ4v) is 2.77.